The van der Waals surface area contributed by atoms with Crippen LogP contribution in [0.4, 0.5) is 11.4 Å². The van der Waals surface area contributed by atoms with E-state index in [0.29, 0.717) is 0 Å². The van der Waals surface area contributed by atoms with Gasteiger partial charge >= 0.3 is 0 Å². The molecule has 1 fully saturated rings. The molecule has 2 aromatic rings. The maximum Gasteiger partial charge on any atom is 0.241 e. The molecule has 1 aliphatic rings. The van der Waals surface area contributed by atoms with E-state index < -0.39 is 0 Å². The minimum Gasteiger partial charge on any atom is -0.378 e. The molecule has 2 heterocycles. The van der Waals surface area contributed by atoms with Crippen LogP contribution in [0.15, 0.2) is 41.1 Å². The van der Waals surface area contributed by atoms with Gasteiger partial charge in [0.25, 0.3) is 0 Å². The van der Waals surface area contributed by atoms with E-state index in [1.54, 1.807) is 11.3 Å². The summed E-state index contributed by atoms with van der Waals surface area (Å²) in [7, 11) is 4.02. The minimum absolute atomic E-state index is 0.0638. The smallest absolute Gasteiger partial charge is 0.241 e. The molecule has 1 saturated heterocycles. The second-order valence-electron chi connectivity index (χ2n) is 7.05. The summed E-state index contributed by atoms with van der Waals surface area (Å²) < 4.78 is 0. The Balaban J connectivity index is 1.48. The Kier molecular flexibility index (Phi) is 6.29. The van der Waals surface area contributed by atoms with Crippen LogP contribution in [0, 0.1) is 0 Å². The first-order chi connectivity index (χ1) is 12.5. The van der Waals surface area contributed by atoms with Crippen LogP contribution in [-0.2, 0) is 11.3 Å². The largest absolute Gasteiger partial charge is 0.378 e. The zero-order valence-corrected chi connectivity index (χ0v) is 16.6. The number of hydrogen-bond acceptors (Lipinski definition) is 5. The fraction of sp³-hybridized carbons (Fsp3) is 0.450. The highest BCUT2D eigenvalue weighted by atomic mass is 32.1. The summed E-state index contributed by atoms with van der Waals surface area (Å²) in [6.45, 7) is 6.88. The molecule has 0 unspecified atom stereocenters. The Morgan fingerprint density at radius 3 is 2.42 bits per heavy atom. The Labute approximate surface area is 160 Å². The van der Waals surface area contributed by atoms with E-state index in [4.69, 9.17) is 0 Å². The van der Waals surface area contributed by atoms with Gasteiger partial charge in [-0.2, -0.15) is 11.3 Å². The minimum atomic E-state index is -0.119. The molecular weight excluding hydrogens is 344 g/mol. The van der Waals surface area contributed by atoms with Gasteiger partial charge in [-0.25, -0.2) is 0 Å². The number of hydrogen-bond donors (Lipinski definition) is 1. The third-order valence-corrected chi connectivity index (χ3v) is 5.70. The molecule has 1 aliphatic heterocycles. The Hall–Kier alpha value is -1.89. The van der Waals surface area contributed by atoms with Crippen molar-refractivity contribution in [3.05, 3.63) is 46.7 Å². The van der Waals surface area contributed by atoms with Crippen LogP contribution in [0.2, 0.25) is 0 Å². The van der Waals surface area contributed by atoms with Gasteiger partial charge in [0.1, 0.15) is 0 Å². The van der Waals surface area contributed by atoms with Crippen molar-refractivity contribution in [2.75, 3.05) is 50.5 Å². The molecule has 0 radical (unpaired) electrons. The van der Waals surface area contributed by atoms with Crippen LogP contribution >= 0.6 is 11.3 Å². The van der Waals surface area contributed by atoms with Crippen LogP contribution in [0.25, 0.3) is 0 Å². The van der Waals surface area contributed by atoms with E-state index in [2.05, 4.69) is 31.9 Å². The van der Waals surface area contributed by atoms with Crippen molar-refractivity contribution in [1.29, 1.82) is 0 Å². The first kappa shape index (κ1) is 18.9. The number of nitrogens with zero attached hydrogens (tertiary/aromatic N) is 3. The molecule has 1 amide bonds. The molecule has 1 aromatic heterocycles. The summed E-state index contributed by atoms with van der Waals surface area (Å²) in [6.07, 6.45) is 0. The number of nitrogens with one attached hydrogen (secondary N) is 1. The summed E-state index contributed by atoms with van der Waals surface area (Å²) in [5.74, 6) is 0.0638. The number of anilines is 2. The average molecular weight is 373 g/mol. The van der Waals surface area contributed by atoms with E-state index in [9.17, 15) is 4.79 Å². The molecule has 1 N–H and O–H groups in total. The van der Waals surface area contributed by atoms with Crippen molar-refractivity contribution in [1.82, 2.24) is 9.80 Å². The normalized spacial score (nSPS) is 17.0. The van der Waals surface area contributed by atoms with Gasteiger partial charge in [-0.15, -0.1) is 0 Å². The number of carbonyl (C=O) groups excluding carboxylic acids is 1. The highest BCUT2D eigenvalue weighted by Crippen LogP contribution is 2.17. The van der Waals surface area contributed by atoms with Crippen molar-refractivity contribution < 1.29 is 4.79 Å². The molecule has 1 atom stereocenters. The van der Waals surface area contributed by atoms with Gasteiger partial charge in [0.2, 0.25) is 5.91 Å². The molecule has 0 spiro atoms. The molecule has 0 saturated carbocycles. The van der Waals surface area contributed by atoms with Crippen LogP contribution in [-0.4, -0.2) is 62.0 Å². The van der Waals surface area contributed by atoms with E-state index >= 15 is 0 Å². The second-order valence-corrected chi connectivity index (χ2v) is 7.83. The summed E-state index contributed by atoms with van der Waals surface area (Å²) in [5, 5.41) is 7.38. The summed E-state index contributed by atoms with van der Waals surface area (Å²) >= 11 is 1.75. The molecule has 0 bridgehead atoms. The van der Waals surface area contributed by atoms with Crippen LogP contribution in [0.5, 0.6) is 0 Å². The highest BCUT2D eigenvalue weighted by Gasteiger charge is 2.25. The van der Waals surface area contributed by atoms with Crippen LogP contribution in [0.1, 0.15) is 12.5 Å². The van der Waals surface area contributed by atoms with Crippen molar-refractivity contribution in [3.63, 3.8) is 0 Å². The monoisotopic (exact) mass is 372 g/mol. The van der Waals surface area contributed by atoms with Gasteiger partial charge in [0, 0.05) is 58.2 Å². The molecule has 26 heavy (non-hydrogen) atoms. The van der Waals surface area contributed by atoms with Gasteiger partial charge in [-0.1, -0.05) is 0 Å². The zero-order chi connectivity index (χ0) is 18.5. The Bertz CT molecular complexity index is 691. The van der Waals surface area contributed by atoms with E-state index in [1.807, 2.05) is 50.2 Å². The molecule has 5 nitrogen and oxygen atoms in total. The fourth-order valence-electron chi connectivity index (χ4n) is 3.20. The second kappa shape index (κ2) is 8.66. The number of carbonyl (C=O) groups is 1. The van der Waals surface area contributed by atoms with Crippen molar-refractivity contribution >= 4 is 28.6 Å². The van der Waals surface area contributed by atoms with Crippen molar-refractivity contribution in [2.45, 2.75) is 19.5 Å². The highest BCUT2D eigenvalue weighted by molar-refractivity contribution is 7.07. The summed E-state index contributed by atoms with van der Waals surface area (Å²) in [6, 6.07) is 10.0. The van der Waals surface area contributed by atoms with Gasteiger partial charge < -0.3 is 10.2 Å². The fourth-order valence-corrected chi connectivity index (χ4v) is 3.86. The molecule has 6 heteroatoms. The number of piperazine rings is 1. The van der Waals surface area contributed by atoms with Crippen molar-refractivity contribution in [2.24, 2.45) is 0 Å². The number of amides is 1. The zero-order valence-electron chi connectivity index (χ0n) is 15.8. The van der Waals surface area contributed by atoms with E-state index in [1.165, 1.54) is 5.56 Å². The lowest BCUT2D eigenvalue weighted by molar-refractivity contribution is -0.121. The molecular formula is C20H28N4OS. The maximum atomic E-state index is 12.6. The molecule has 1 aromatic carbocycles. The number of benzene rings is 1. The number of thiophene rings is 1. The lowest BCUT2D eigenvalue weighted by Crippen LogP contribution is -2.52. The van der Waals surface area contributed by atoms with Gasteiger partial charge in [-0.05, 0) is 53.6 Å². The van der Waals surface area contributed by atoms with E-state index in [0.717, 1.165) is 44.1 Å². The first-order valence-corrected chi connectivity index (χ1v) is 10.0. The molecule has 140 valence electrons. The molecule has 0 aliphatic carbocycles. The van der Waals surface area contributed by atoms with E-state index in [-0.39, 0.29) is 11.9 Å². The first-order valence-electron chi connectivity index (χ1n) is 9.08. The molecule has 3 rings (SSSR count). The lowest BCUT2D eigenvalue weighted by atomic mass is 10.2. The predicted molar refractivity (Wildman–Crippen MR) is 110 cm³/mol. The van der Waals surface area contributed by atoms with Gasteiger partial charge in [0.05, 0.1) is 6.04 Å². The van der Waals surface area contributed by atoms with Gasteiger partial charge in [-0.3, -0.25) is 14.6 Å². The van der Waals surface area contributed by atoms with Gasteiger partial charge in [0.15, 0.2) is 0 Å². The van der Waals surface area contributed by atoms with Crippen LogP contribution < -0.4 is 10.2 Å². The topological polar surface area (TPSA) is 38.8 Å². The summed E-state index contributed by atoms with van der Waals surface area (Å²) in [5.41, 5.74) is 3.36. The SMILES string of the molecule is C[C@@H](C(=O)Nc1ccc(N(C)C)cc1)N1CCN(Cc2ccsc2)CC1. The predicted octanol–water partition coefficient (Wildman–Crippen LogP) is 2.96. The lowest BCUT2D eigenvalue weighted by Gasteiger charge is -2.37. The third-order valence-electron chi connectivity index (χ3n) is 4.97. The maximum absolute atomic E-state index is 12.6. The van der Waals surface area contributed by atoms with Crippen LogP contribution in [0.3, 0.4) is 0 Å². The quantitative estimate of drug-likeness (QED) is 0.846. The Morgan fingerprint density at radius 2 is 1.85 bits per heavy atom. The number of rotatable bonds is 6. The van der Waals surface area contributed by atoms with Crippen molar-refractivity contribution in [3.8, 4) is 0 Å². The average Bonchev–Trinajstić information content (AvgIpc) is 3.15. The Morgan fingerprint density at radius 1 is 1.15 bits per heavy atom. The third kappa shape index (κ3) is 4.84. The standard InChI is InChI=1S/C20H28N4OS/c1-16(20(25)21-18-4-6-19(7-5-18)22(2)3)24-11-9-23(10-12-24)14-17-8-13-26-15-17/h4-8,13,15-16H,9-12,14H2,1-3H3,(H,21,25)/t16-/m0/s1. The summed E-state index contributed by atoms with van der Waals surface area (Å²) in [4.78, 5) is 19.4.